The van der Waals surface area contributed by atoms with Gasteiger partial charge in [-0.15, -0.1) is 0 Å². The van der Waals surface area contributed by atoms with Crippen LogP contribution in [0.15, 0.2) is 47.4 Å². The van der Waals surface area contributed by atoms with E-state index in [-0.39, 0.29) is 24.1 Å². The fourth-order valence-electron chi connectivity index (χ4n) is 3.04. The van der Waals surface area contributed by atoms with E-state index >= 15 is 0 Å². The van der Waals surface area contributed by atoms with Gasteiger partial charge >= 0.3 is 0 Å². The molecule has 0 aromatic heterocycles. The minimum Gasteiger partial charge on any atom is -0.454 e. The molecule has 1 aliphatic rings. The van der Waals surface area contributed by atoms with Crippen LogP contribution < -0.4 is 14.2 Å². The summed E-state index contributed by atoms with van der Waals surface area (Å²) in [5.41, 5.74) is 1.12. The third kappa shape index (κ3) is 5.07. The van der Waals surface area contributed by atoms with Crippen molar-refractivity contribution in [3.63, 3.8) is 0 Å². The number of amides is 1. The van der Waals surface area contributed by atoms with Crippen LogP contribution in [-0.2, 0) is 16.6 Å². The molecule has 0 saturated heterocycles. The first-order valence-electron chi connectivity index (χ1n) is 9.72. The molecular formula is C21H26N2O5S. The van der Waals surface area contributed by atoms with E-state index in [2.05, 4.69) is 11.6 Å². The molecule has 156 valence electrons. The minimum absolute atomic E-state index is 0.0654. The van der Waals surface area contributed by atoms with E-state index in [0.29, 0.717) is 30.2 Å². The van der Waals surface area contributed by atoms with Crippen molar-refractivity contribution >= 4 is 15.9 Å². The molecule has 0 aliphatic carbocycles. The molecule has 1 amide bonds. The van der Waals surface area contributed by atoms with Crippen molar-refractivity contribution < 1.29 is 22.7 Å². The first-order valence-corrected chi connectivity index (χ1v) is 11.2. The van der Waals surface area contributed by atoms with Gasteiger partial charge in [0.25, 0.3) is 5.91 Å². The van der Waals surface area contributed by atoms with E-state index in [9.17, 15) is 13.2 Å². The van der Waals surface area contributed by atoms with Crippen molar-refractivity contribution in [1.29, 1.82) is 0 Å². The molecule has 29 heavy (non-hydrogen) atoms. The highest BCUT2D eigenvalue weighted by Crippen LogP contribution is 2.32. The van der Waals surface area contributed by atoms with Crippen LogP contribution in [0.3, 0.4) is 0 Å². The predicted molar refractivity (Wildman–Crippen MR) is 110 cm³/mol. The standard InChI is InChI=1S/C21H26N2O5S/c1-3-5-11-23(4-2)21(24)17-7-6-8-18(13-17)29(25,26)22-14-16-9-10-19-20(12-16)28-15-27-19/h6-10,12-13,22H,3-5,11,14-15H2,1-2H3. The van der Waals surface area contributed by atoms with Gasteiger partial charge in [0.05, 0.1) is 4.90 Å². The van der Waals surface area contributed by atoms with Crippen LogP contribution >= 0.6 is 0 Å². The molecule has 7 nitrogen and oxygen atoms in total. The molecule has 1 N–H and O–H groups in total. The number of hydrogen-bond acceptors (Lipinski definition) is 5. The second-order valence-electron chi connectivity index (χ2n) is 6.78. The third-order valence-corrected chi connectivity index (χ3v) is 6.14. The van der Waals surface area contributed by atoms with E-state index in [4.69, 9.17) is 9.47 Å². The molecule has 1 aliphatic heterocycles. The summed E-state index contributed by atoms with van der Waals surface area (Å²) in [5, 5.41) is 0. The van der Waals surface area contributed by atoms with Gasteiger partial charge < -0.3 is 14.4 Å². The zero-order valence-electron chi connectivity index (χ0n) is 16.7. The lowest BCUT2D eigenvalue weighted by atomic mass is 10.2. The van der Waals surface area contributed by atoms with Gasteiger partial charge in [0.15, 0.2) is 11.5 Å². The molecule has 8 heteroatoms. The first-order chi connectivity index (χ1) is 13.9. The van der Waals surface area contributed by atoms with Crippen LogP contribution in [0.5, 0.6) is 11.5 Å². The smallest absolute Gasteiger partial charge is 0.253 e. The van der Waals surface area contributed by atoms with Gasteiger partial charge in [-0.3, -0.25) is 4.79 Å². The summed E-state index contributed by atoms with van der Waals surface area (Å²) in [6.07, 6.45) is 1.90. The van der Waals surface area contributed by atoms with E-state index in [1.807, 2.05) is 6.92 Å². The van der Waals surface area contributed by atoms with Gasteiger partial charge in [0.1, 0.15) is 0 Å². The molecule has 0 radical (unpaired) electrons. The summed E-state index contributed by atoms with van der Waals surface area (Å²) in [6, 6.07) is 11.4. The number of unbranched alkanes of at least 4 members (excludes halogenated alkanes) is 1. The maximum absolute atomic E-state index is 12.7. The lowest BCUT2D eigenvalue weighted by Crippen LogP contribution is -2.32. The lowest BCUT2D eigenvalue weighted by molar-refractivity contribution is 0.0762. The zero-order chi connectivity index (χ0) is 20.9. The normalized spacial score (nSPS) is 12.8. The molecule has 2 aromatic rings. The molecule has 0 fully saturated rings. The van der Waals surface area contributed by atoms with E-state index < -0.39 is 10.0 Å². The quantitative estimate of drug-likeness (QED) is 0.676. The monoisotopic (exact) mass is 418 g/mol. The molecule has 1 heterocycles. The Morgan fingerprint density at radius 1 is 1.10 bits per heavy atom. The average molecular weight is 419 g/mol. The molecule has 0 saturated carbocycles. The maximum atomic E-state index is 12.7. The zero-order valence-corrected chi connectivity index (χ0v) is 17.5. The Bertz CT molecular complexity index is 975. The van der Waals surface area contributed by atoms with Gasteiger partial charge in [-0.05, 0) is 49.2 Å². The summed E-state index contributed by atoms with van der Waals surface area (Å²) < 4.78 is 38.6. The summed E-state index contributed by atoms with van der Waals surface area (Å²) in [4.78, 5) is 14.5. The predicted octanol–water partition coefficient (Wildman–Crippen LogP) is 3.16. The van der Waals surface area contributed by atoms with Crippen molar-refractivity contribution in [3.05, 3.63) is 53.6 Å². The van der Waals surface area contributed by atoms with Crippen LogP contribution in [0.2, 0.25) is 0 Å². The number of hydrogen-bond donors (Lipinski definition) is 1. The summed E-state index contributed by atoms with van der Waals surface area (Å²) in [5.74, 6) is 1.08. The SMILES string of the molecule is CCCCN(CC)C(=O)c1cccc(S(=O)(=O)NCc2ccc3c(c2)OCO3)c1. The van der Waals surface area contributed by atoms with E-state index in [1.165, 1.54) is 12.1 Å². The molecule has 0 bridgehead atoms. The fourth-order valence-corrected chi connectivity index (χ4v) is 4.11. The van der Waals surface area contributed by atoms with Crippen molar-refractivity contribution in [1.82, 2.24) is 9.62 Å². The van der Waals surface area contributed by atoms with Crippen LogP contribution in [0, 0.1) is 0 Å². The second kappa shape index (κ2) is 9.28. The Balaban J connectivity index is 1.72. The number of nitrogens with zero attached hydrogens (tertiary/aromatic N) is 1. The summed E-state index contributed by atoms with van der Waals surface area (Å²) in [7, 11) is -3.77. The number of nitrogens with one attached hydrogen (secondary N) is 1. The summed E-state index contributed by atoms with van der Waals surface area (Å²) in [6.45, 7) is 5.49. The second-order valence-corrected chi connectivity index (χ2v) is 8.55. The number of carbonyl (C=O) groups is 1. The van der Waals surface area contributed by atoms with Gasteiger partial charge in [0, 0.05) is 25.2 Å². The number of rotatable bonds is 9. The Labute approximate surface area is 171 Å². The number of ether oxygens (including phenoxy) is 2. The van der Waals surface area contributed by atoms with E-state index in [0.717, 1.165) is 18.4 Å². The van der Waals surface area contributed by atoms with Crippen LogP contribution in [0.4, 0.5) is 0 Å². The van der Waals surface area contributed by atoms with Crippen molar-refractivity contribution in [2.24, 2.45) is 0 Å². The topological polar surface area (TPSA) is 84.9 Å². The fraction of sp³-hybridized carbons (Fsp3) is 0.381. The Morgan fingerprint density at radius 2 is 1.90 bits per heavy atom. The Hall–Kier alpha value is -2.58. The van der Waals surface area contributed by atoms with E-state index in [1.54, 1.807) is 35.2 Å². The average Bonchev–Trinajstić information content (AvgIpc) is 3.20. The highest BCUT2D eigenvalue weighted by Gasteiger charge is 2.19. The molecule has 2 aromatic carbocycles. The molecule has 3 rings (SSSR count). The van der Waals surface area contributed by atoms with Crippen molar-refractivity contribution in [2.45, 2.75) is 38.1 Å². The maximum Gasteiger partial charge on any atom is 0.253 e. The number of sulfonamides is 1. The molecule has 0 unspecified atom stereocenters. The number of carbonyl (C=O) groups excluding carboxylic acids is 1. The molecular weight excluding hydrogens is 392 g/mol. The third-order valence-electron chi connectivity index (χ3n) is 4.75. The summed E-state index contributed by atoms with van der Waals surface area (Å²) >= 11 is 0. The number of benzene rings is 2. The Morgan fingerprint density at radius 3 is 2.66 bits per heavy atom. The largest absolute Gasteiger partial charge is 0.454 e. The highest BCUT2D eigenvalue weighted by atomic mass is 32.2. The van der Waals surface area contributed by atoms with Gasteiger partial charge in [-0.25, -0.2) is 13.1 Å². The van der Waals surface area contributed by atoms with Gasteiger partial charge in [0.2, 0.25) is 16.8 Å². The first kappa shape index (κ1) is 21.1. The number of fused-ring (bicyclic) bond motifs is 1. The van der Waals surface area contributed by atoms with Crippen LogP contribution in [0.25, 0.3) is 0 Å². The van der Waals surface area contributed by atoms with Crippen LogP contribution in [-0.4, -0.2) is 39.1 Å². The molecule has 0 spiro atoms. The van der Waals surface area contributed by atoms with Crippen molar-refractivity contribution in [2.75, 3.05) is 19.9 Å². The van der Waals surface area contributed by atoms with Gasteiger partial charge in [-0.1, -0.05) is 25.5 Å². The van der Waals surface area contributed by atoms with Gasteiger partial charge in [-0.2, -0.15) is 0 Å². The minimum atomic E-state index is -3.77. The Kier molecular flexibility index (Phi) is 6.76. The van der Waals surface area contributed by atoms with Crippen molar-refractivity contribution in [3.8, 4) is 11.5 Å². The lowest BCUT2D eigenvalue weighted by Gasteiger charge is -2.21. The molecule has 0 atom stereocenters. The van der Waals surface area contributed by atoms with Crippen LogP contribution in [0.1, 0.15) is 42.6 Å². The highest BCUT2D eigenvalue weighted by molar-refractivity contribution is 7.89.